The summed E-state index contributed by atoms with van der Waals surface area (Å²) in [6, 6.07) is 31.2. The lowest BCUT2D eigenvalue weighted by Crippen LogP contribution is -2.39. The van der Waals surface area contributed by atoms with Crippen LogP contribution >= 0.6 is 0 Å². The van der Waals surface area contributed by atoms with Crippen molar-refractivity contribution in [3.05, 3.63) is 132 Å². The number of para-hydroxylation sites is 1. The van der Waals surface area contributed by atoms with Crippen LogP contribution < -0.4 is 14.9 Å². The van der Waals surface area contributed by atoms with Crippen molar-refractivity contribution in [2.75, 3.05) is 14.2 Å². The normalized spacial score (nSPS) is 15.2. The highest BCUT2D eigenvalue weighted by Gasteiger charge is 2.39. The number of methoxy groups -OCH3 is 2. The number of hydrogen-bond donors (Lipinski definition) is 1. The SMILES string of the molecule is COc1ccc(C2=C[C@H](c3cn(-c4ccccc4)nc3-c3ccccc3)N(S(=O)(=O)c3ccc(C)cc3)N2)cc1OC. The van der Waals surface area contributed by atoms with Gasteiger partial charge in [0.1, 0.15) is 0 Å². The average molecular weight is 579 g/mol. The Morgan fingerprint density at radius 1 is 0.786 bits per heavy atom. The fourth-order valence-electron chi connectivity index (χ4n) is 5.00. The minimum Gasteiger partial charge on any atom is -0.493 e. The van der Waals surface area contributed by atoms with E-state index in [4.69, 9.17) is 14.6 Å². The summed E-state index contributed by atoms with van der Waals surface area (Å²) >= 11 is 0. The quantitative estimate of drug-likeness (QED) is 0.238. The summed E-state index contributed by atoms with van der Waals surface area (Å²) in [7, 11) is -0.855. The zero-order chi connectivity index (χ0) is 29.3. The first-order chi connectivity index (χ1) is 20.4. The minimum atomic E-state index is -4.00. The van der Waals surface area contributed by atoms with Gasteiger partial charge >= 0.3 is 0 Å². The van der Waals surface area contributed by atoms with E-state index in [1.807, 2.05) is 92.0 Å². The lowest BCUT2D eigenvalue weighted by atomic mass is 10.0. The van der Waals surface area contributed by atoms with E-state index in [2.05, 4.69) is 5.43 Å². The van der Waals surface area contributed by atoms with Crippen LogP contribution in [0.5, 0.6) is 11.5 Å². The topological polar surface area (TPSA) is 85.7 Å². The number of aryl methyl sites for hydroxylation is 1. The van der Waals surface area contributed by atoms with Crippen molar-refractivity contribution in [1.29, 1.82) is 0 Å². The molecule has 0 amide bonds. The molecule has 0 aliphatic carbocycles. The second-order valence-electron chi connectivity index (χ2n) is 9.90. The van der Waals surface area contributed by atoms with Gasteiger partial charge in [-0.25, -0.2) is 13.1 Å². The van der Waals surface area contributed by atoms with Gasteiger partial charge in [0.05, 0.1) is 42.2 Å². The summed E-state index contributed by atoms with van der Waals surface area (Å²) in [5.74, 6) is 1.12. The van der Waals surface area contributed by atoms with Crippen molar-refractivity contribution in [3.8, 4) is 28.4 Å². The van der Waals surface area contributed by atoms with Gasteiger partial charge < -0.3 is 14.9 Å². The van der Waals surface area contributed by atoms with Gasteiger partial charge in [0, 0.05) is 22.9 Å². The Labute approximate surface area is 245 Å². The molecule has 0 saturated carbocycles. The molecule has 1 N–H and O–H groups in total. The molecule has 8 nitrogen and oxygen atoms in total. The van der Waals surface area contributed by atoms with Gasteiger partial charge in [0.25, 0.3) is 10.0 Å². The zero-order valence-electron chi connectivity index (χ0n) is 23.4. The minimum absolute atomic E-state index is 0.185. The molecule has 2 heterocycles. The maximum absolute atomic E-state index is 14.2. The molecule has 0 bridgehead atoms. The van der Waals surface area contributed by atoms with E-state index in [0.29, 0.717) is 22.9 Å². The van der Waals surface area contributed by atoms with Crippen molar-refractivity contribution in [2.45, 2.75) is 17.9 Å². The molecule has 0 saturated heterocycles. The standard InChI is InChI=1S/C33H30N4O4S/c1-23-14-17-27(18-15-23)42(38,39)37-30(21-29(34-37)25-16-19-31(40-2)32(20-25)41-3)28-22-36(26-12-8-5-9-13-26)35-33(28)24-10-6-4-7-11-24/h4-22,30,34H,1-3H3/t30-/m1/s1. The third-order valence-corrected chi connectivity index (χ3v) is 8.91. The van der Waals surface area contributed by atoms with Gasteiger partial charge in [-0.3, -0.25) is 0 Å². The van der Waals surface area contributed by atoms with Gasteiger partial charge in [0.15, 0.2) is 11.5 Å². The molecular formula is C33H30N4O4S. The van der Waals surface area contributed by atoms with Crippen molar-refractivity contribution in [3.63, 3.8) is 0 Å². The van der Waals surface area contributed by atoms with Crippen molar-refractivity contribution >= 4 is 15.7 Å². The maximum Gasteiger partial charge on any atom is 0.260 e. The summed E-state index contributed by atoms with van der Waals surface area (Å²) in [4.78, 5) is 0.185. The van der Waals surface area contributed by atoms with Gasteiger partial charge in [-0.2, -0.15) is 5.10 Å². The number of ether oxygens (including phenoxy) is 2. The number of nitrogens with one attached hydrogen (secondary N) is 1. The van der Waals surface area contributed by atoms with Crippen LogP contribution in [0.4, 0.5) is 0 Å². The fraction of sp³-hybridized carbons (Fsp3) is 0.121. The first-order valence-corrected chi connectivity index (χ1v) is 14.9. The van der Waals surface area contributed by atoms with E-state index in [9.17, 15) is 8.42 Å². The van der Waals surface area contributed by atoms with Gasteiger partial charge in [0.2, 0.25) is 0 Å². The molecule has 0 unspecified atom stereocenters. The van der Waals surface area contributed by atoms with E-state index in [0.717, 1.165) is 27.9 Å². The monoisotopic (exact) mass is 578 g/mol. The van der Waals surface area contributed by atoms with Crippen LogP contribution in [0.1, 0.15) is 22.7 Å². The molecule has 42 heavy (non-hydrogen) atoms. The zero-order valence-corrected chi connectivity index (χ0v) is 24.2. The van der Waals surface area contributed by atoms with Crippen LogP contribution in [0.2, 0.25) is 0 Å². The van der Waals surface area contributed by atoms with Gasteiger partial charge in [-0.05, 0) is 55.5 Å². The molecule has 1 aliphatic heterocycles. The first-order valence-electron chi connectivity index (χ1n) is 13.4. The van der Waals surface area contributed by atoms with E-state index in [-0.39, 0.29) is 4.90 Å². The number of rotatable bonds is 8. The molecule has 0 fully saturated rings. The second-order valence-corrected chi connectivity index (χ2v) is 11.7. The molecule has 6 rings (SSSR count). The largest absolute Gasteiger partial charge is 0.493 e. The molecule has 0 radical (unpaired) electrons. The highest BCUT2D eigenvalue weighted by atomic mass is 32.2. The number of sulfonamides is 1. The summed E-state index contributed by atoms with van der Waals surface area (Å²) in [6.45, 7) is 1.92. The molecule has 1 aliphatic rings. The Bertz CT molecular complexity index is 1850. The number of nitrogens with zero attached hydrogens (tertiary/aromatic N) is 3. The molecule has 5 aromatic rings. The second kappa shape index (κ2) is 11.2. The Balaban J connectivity index is 1.54. The molecule has 0 spiro atoms. The molecule has 9 heteroatoms. The van der Waals surface area contributed by atoms with E-state index >= 15 is 0 Å². The predicted molar refractivity (Wildman–Crippen MR) is 163 cm³/mol. The van der Waals surface area contributed by atoms with Crippen LogP contribution in [0.25, 0.3) is 22.6 Å². The van der Waals surface area contributed by atoms with Crippen LogP contribution in [0, 0.1) is 6.92 Å². The fourth-order valence-corrected chi connectivity index (χ4v) is 6.40. The lowest BCUT2D eigenvalue weighted by molar-refractivity contribution is 0.347. The number of hydrogen-bond acceptors (Lipinski definition) is 6. The van der Waals surface area contributed by atoms with Crippen LogP contribution in [-0.4, -0.2) is 36.8 Å². The molecule has 212 valence electrons. The van der Waals surface area contributed by atoms with Crippen molar-refractivity contribution in [1.82, 2.24) is 19.6 Å². The van der Waals surface area contributed by atoms with Crippen LogP contribution in [0.3, 0.4) is 0 Å². The first kappa shape index (κ1) is 27.3. The Morgan fingerprint density at radius 3 is 2.12 bits per heavy atom. The Kier molecular flexibility index (Phi) is 7.28. The Morgan fingerprint density at radius 2 is 1.45 bits per heavy atom. The van der Waals surface area contributed by atoms with E-state index in [1.54, 1.807) is 49.2 Å². The Hall–Kier alpha value is -4.86. The highest BCUT2D eigenvalue weighted by Crippen LogP contribution is 2.41. The summed E-state index contributed by atoms with van der Waals surface area (Å²) < 4.78 is 42.5. The molecular weight excluding hydrogens is 548 g/mol. The molecule has 1 aromatic heterocycles. The average Bonchev–Trinajstić information content (AvgIpc) is 3.68. The summed E-state index contributed by atoms with van der Waals surface area (Å²) in [5, 5.41) is 4.95. The maximum atomic E-state index is 14.2. The van der Waals surface area contributed by atoms with Crippen LogP contribution in [-0.2, 0) is 10.0 Å². The highest BCUT2D eigenvalue weighted by molar-refractivity contribution is 7.89. The van der Waals surface area contributed by atoms with Crippen molar-refractivity contribution in [2.24, 2.45) is 0 Å². The third kappa shape index (κ3) is 5.04. The van der Waals surface area contributed by atoms with E-state index < -0.39 is 16.1 Å². The van der Waals surface area contributed by atoms with Gasteiger partial charge in [-0.15, -0.1) is 4.41 Å². The number of hydrazine groups is 1. The summed E-state index contributed by atoms with van der Waals surface area (Å²) in [5.41, 5.74) is 8.68. The molecule has 1 atom stereocenters. The predicted octanol–water partition coefficient (Wildman–Crippen LogP) is 6.16. The number of benzene rings is 4. The van der Waals surface area contributed by atoms with Gasteiger partial charge in [-0.1, -0.05) is 66.2 Å². The summed E-state index contributed by atoms with van der Waals surface area (Å²) in [6.07, 6.45) is 3.81. The molecule has 4 aromatic carbocycles. The lowest BCUT2D eigenvalue weighted by Gasteiger charge is -2.25. The van der Waals surface area contributed by atoms with Crippen molar-refractivity contribution < 1.29 is 17.9 Å². The third-order valence-electron chi connectivity index (χ3n) is 7.21. The van der Waals surface area contributed by atoms with E-state index in [1.165, 1.54) is 4.41 Å². The van der Waals surface area contributed by atoms with Crippen LogP contribution in [0.15, 0.2) is 120 Å². The number of aromatic nitrogens is 2. The smallest absolute Gasteiger partial charge is 0.260 e.